The topological polar surface area (TPSA) is 84.9 Å². The zero-order valence-corrected chi connectivity index (χ0v) is 19.7. The molecular weight excluding hydrogens is 509 g/mol. The SMILES string of the molecule is COCC1CN(S(=O)(=O)c2ccc(F)c(F)c2)c2cc(NC(=O)c3c(F)cccc3Cl)ccc2O1. The van der Waals surface area contributed by atoms with Crippen LogP contribution in [0.5, 0.6) is 5.75 Å². The number of benzene rings is 3. The van der Waals surface area contributed by atoms with Crippen LogP contribution in [0.15, 0.2) is 59.5 Å². The second-order valence-electron chi connectivity index (χ2n) is 7.54. The largest absolute Gasteiger partial charge is 0.484 e. The zero-order valence-electron chi connectivity index (χ0n) is 18.1. The molecule has 3 aromatic carbocycles. The normalized spacial score (nSPS) is 15.3. The molecule has 1 amide bonds. The Balaban J connectivity index is 1.74. The molecule has 0 saturated heterocycles. The lowest BCUT2D eigenvalue weighted by Gasteiger charge is -2.35. The monoisotopic (exact) mass is 526 g/mol. The van der Waals surface area contributed by atoms with E-state index in [4.69, 9.17) is 21.1 Å². The van der Waals surface area contributed by atoms with Gasteiger partial charge in [0, 0.05) is 12.8 Å². The van der Waals surface area contributed by atoms with E-state index in [0.29, 0.717) is 12.1 Å². The first-order valence-corrected chi connectivity index (χ1v) is 12.0. The summed E-state index contributed by atoms with van der Waals surface area (Å²) in [6.07, 6.45) is -0.703. The highest BCUT2D eigenvalue weighted by molar-refractivity contribution is 7.92. The van der Waals surface area contributed by atoms with Crippen molar-refractivity contribution in [2.45, 2.75) is 11.0 Å². The number of nitrogens with one attached hydrogen (secondary N) is 1. The Morgan fingerprint density at radius 3 is 2.57 bits per heavy atom. The van der Waals surface area contributed by atoms with Gasteiger partial charge in [-0.3, -0.25) is 9.10 Å². The number of rotatable bonds is 6. The summed E-state index contributed by atoms with van der Waals surface area (Å²) in [5.74, 6) is -4.05. The molecule has 3 aromatic rings. The fourth-order valence-corrected chi connectivity index (χ4v) is 5.32. The first kappa shape index (κ1) is 24.8. The molecule has 0 radical (unpaired) electrons. The van der Waals surface area contributed by atoms with E-state index < -0.39 is 44.4 Å². The van der Waals surface area contributed by atoms with Crippen LogP contribution in [-0.4, -0.2) is 40.7 Å². The van der Waals surface area contributed by atoms with E-state index in [1.807, 2.05) is 0 Å². The van der Waals surface area contributed by atoms with Gasteiger partial charge in [0.2, 0.25) is 0 Å². The Kier molecular flexibility index (Phi) is 6.93. The number of fused-ring (bicyclic) bond motifs is 1. The Labute approximate surface area is 204 Å². The minimum absolute atomic E-state index is 0.0273. The van der Waals surface area contributed by atoms with Gasteiger partial charge in [0.1, 0.15) is 17.7 Å². The summed E-state index contributed by atoms with van der Waals surface area (Å²) in [5, 5.41) is 2.38. The van der Waals surface area contributed by atoms with E-state index in [-0.39, 0.29) is 40.9 Å². The number of hydrogen-bond donors (Lipinski definition) is 1. The maximum absolute atomic E-state index is 14.1. The van der Waals surface area contributed by atoms with Crippen LogP contribution in [0.2, 0.25) is 5.02 Å². The highest BCUT2D eigenvalue weighted by atomic mass is 35.5. The highest BCUT2D eigenvalue weighted by Gasteiger charge is 2.35. The third kappa shape index (κ3) is 4.93. The molecular formula is C23H18ClF3N2O5S. The first-order chi connectivity index (χ1) is 16.6. The number of methoxy groups -OCH3 is 1. The molecule has 0 saturated carbocycles. The third-order valence-corrected chi connectivity index (χ3v) is 7.26. The van der Waals surface area contributed by atoms with E-state index in [0.717, 1.165) is 16.4 Å². The molecule has 0 spiro atoms. The minimum atomic E-state index is -4.38. The molecule has 12 heteroatoms. The Bertz CT molecular complexity index is 1380. The summed E-state index contributed by atoms with van der Waals surface area (Å²) in [4.78, 5) is 12.2. The average Bonchev–Trinajstić information content (AvgIpc) is 2.80. The van der Waals surface area contributed by atoms with Crippen molar-refractivity contribution in [3.05, 3.63) is 82.6 Å². The number of hydrogen-bond acceptors (Lipinski definition) is 5. The molecule has 184 valence electrons. The summed E-state index contributed by atoms with van der Waals surface area (Å²) in [6, 6.07) is 10.2. The number of carbonyl (C=O) groups excluding carboxylic acids is 1. The number of nitrogens with zero attached hydrogens (tertiary/aromatic N) is 1. The standard InChI is InChI=1S/C23H18ClF3N2O5S/c1-33-12-14-11-29(35(31,32)15-6-7-17(25)19(27)10-15)20-9-13(5-8-21(20)34-14)28-23(30)22-16(24)3-2-4-18(22)26/h2-10,14H,11-12H2,1H3,(H,28,30). The predicted molar refractivity (Wildman–Crippen MR) is 123 cm³/mol. The van der Waals surface area contributed by atoms with E-state index in [1.54, 1.807) is 0 Å². The van der Waals surface area contributed by atoms with E-state index >= 15 is 0 Å². The van der Waals surface area contributed by atoms with Crippen molar-refractivity contribution >= 4 is 38.9 Å². The molecule has 4 rings (SSSR count). The number of carbonyl (C=O) groups is 1. The fourth-order valence-electron chi connectivity index (χ4n) is 3.56. The smallest absolute Gasteiger partial charge is 0.264 e. The Morgan fingerprint density at radius 2 is 1.89 bits per heavy atom. The van der Waals surface area contributed by atoms with Crippen LogP contribution >= 0.6 is 11.6 Å². The molecule has 0 aromatic heterocycles. The number of anilines is 2. The molecule has 0 bridgehead atoms. The van der Waals surface area contributed by atoms with Crippen LogP contribution in [0.3, 0.4) is 0 Å². The molecule has 7 nitrogen and oxygen atoms in total. The zero-order chi connectivity index (χ0) is 25.3. The van der Waals surface area contributed by atoms with Crippen molar-refractivity contribution < 1.29 is 35.9 Å². The molecule has 1 N–H and O–H groups in total. The second-order valence-corrected chi connectivity index (χ2v) is 9.81. The molecule has 1 heterocycles. The van der Waals surface area contributed by atoms with Crippen molar-refractivity contribution in [3.8, 4) is 5.75 Å². The fraction of sp³-hybridized carbons (Fsp3) is 0.174. The average molecular weight is 527 g/mol. The summed E-state index contributed by atoms with van der Waals surface area (Å²) in [6.45, 7) is -0.160. The van der Waals surface area contributed by atoms with Gasteiger partial charge >= 0.3 is 0 Å². The first-order valence-electron chi connectivity index (χ1n) is 10.1. The van der Waals surface area contributed by atoms with Gasteiger partial charge in [0.25, 0.3) is 15.9 Å². The quantitative estimate of drug-likeness (QED) is 0.507. The maximum Gasteiger partial charge on any atom is 0.264 e. The molecule has 1 unspecified atom stereocenters. The summed E-state index contributed by atoms with van der Waals surface area (Å²) < 4.78 is 80.0. The molecule has 1 atom stereocenters. The van der Waals surface area contributed by atoms with Gasteiger partial charge in [-0.15, -0.1) is 0 Å². The van der Waals surface area contributed by atoms with E-state index in [1.165, 1.54) is 37.4 Å². The van der Waals surface area contributed by atoms with Gasteiger partial charge in [-0.2, -0.15) is 0 Å². The van der Waals surface area contributed by atoms with Crippen LogP contribution in [0, 0.1) is 17.5 Å². The summed E-state index contributed by atoms with van der Waals surface area (Å²) >= 11 is 5.95. The van der Waals surface area contributed by atoms with Gasteiger partial charge in [0.15, 0.2) is 11.6 Å². The minimum Gasteiger partial charge on any atom is -0.484 e. The lowest BCUT2D eigenvalue weighted by atomic mass is 10.1. The van der Waals surface area contributed by atoms with Crippen molar-refractivity contribution in [3.63, 3.8) is 0 Å². The molecule has 35 heavy (non-hydrogen) atoms. The van der Waals surface area contributed by atoms with E-state index in [9.17, 15) is 26.4 Å². The number of ether oxygens (including phenoxy) is 2. The Hall–Kier alpha value is -3.28. The lowest BCUT2D eigenvalue weighted by Crippen LogP contribution is -2.45. The third-order valence-electron chi connectivity index (χ3n) is 5.17. The van der Waals surface area contributed by atoms with Crippen LogP contribution in [0.1, 0.15) is 10.4 Å². The Morgan fingerprint density at radius 1 is 1.11 bits per heavy atom. The van der Waals surface area contributed by atoms with Crippen LogP contribution in [0.4, 0.5) is 24.5 Å². The van der Waals surface area contributed by atoms with Crippen LogP contribution in [-0.2, 0) is 14.8 Å². The van der Waals surface area contributed by atoms with Gasteiger partial charge < -0.3 is 14.8 Å². The number of sulfonamides is 1. The van der Waals surface area contributed by atoms with E-state index in [2.05, 4.69) is 5.32 Å². The summed E-state index contributed by atoms with van der Waals surface area (Å²) in [5.41, 5.74) is -0.235. The van der Waals surface area contributed by atoms with Crippen LogP contribution < -0.4 is 14.4 Å². The molecule has 1 aliphatic rings. The summed E-state index contributed by atoms with van der Waals surface area (Å²) in [7, 11) is -2.96. The second kappa shape index (κ2) is 9.76. The molecule has 1 aliphatic heterocycles. The number of halogens is 4. The molecule has 0 fully saturated rings. The van der Waals surface area contributed by atoms with Crippen molar-refractivity contribution in [1.82, 2.24) is 0 Å². The maximum atomic E-state index is 14.1. The van der Waals surface area contributed by atoms with Gasteiger partial charge in [0.05, 0.1) is 34.3 Å². The van der Waals surface area contributed by atoms with Gasteiger partial charge in [-0.05, 0) is 48.5 Å². The van der Waals surface area contributed by atoms with Gasteiger partial charge in [-0.1, -0.05) is 17.7 Å². The molecule has 0 aliphatic carbocycles. The lowest BCUT2D eigenvalue weighted by molar-refractivity contribution is 0.0820. The number of amides is 1. The van der Waals surface area contributed by atoms with Crippen LogP contribution in [0.25, 0.3) is 0 Å². The van der Waals surface area contributed by atoms with Gasteiger partial charge in [-0.25, -0.2) is 21.6 Å². The highest BCUT2D eigenvalue weighted by Crippen LogP contribution is 2.39. The predicted octanol–water partition coefficient (Wildman–Crippen LogP) is 4.61. The van der Waals surface area contributed by atoms with Crippen molar-refractivity contribution in [2.75, 3.05) is 29.9 Å². The van der Waals surface area contributed by atoms with Crippen molar-refractivity contribution in [1.29, 1.82) is 0 Å². The van der Waals surface area contributed by atoms with Crippen molar-refractivity contribution in [2.24, 2.45) is 0 Å².